The van der Waals surface area contributed by atoms with Crippen molar-refractivity contribution in [2.45, 2.75) is 57.2 Å². The van der Waals surface area contributed by atoms with Crippen molar-refractivity contribution >= 4 is 23.4 Å². The van der Waals surface area contributed by atoms with Crippen LogP contribution in [-0.2, 0) is 0 Å². The SMILES string of the molecule is CNc1nc(C(C)C)nc(NC2CCCC2SC)c1C. The summed E-state index contributed by atoms with van der Waals surface area (Å²) in [7, 11) is 1.92. The summed E-state index contributed by atoms with van der Waals surface area (Å²) in [6.07, 6.45) is 6.05. The molecular weight excluding hydrogens is 268 g/mol. The molecule has 2 atom stereocenters. The fourth-order valence-electron chi connectivity index (χ4n) is 2.72. The summed E-state index contributed by atoms with van der Waals surface area (Å²) in [5.74, 6) is 3.17. The number of thioether (sulfide) groups is 1. The standard InChI is InChI=1S/C15H26N4S/c1-9(2)13-18-14(16-4)10(3)15(19-13)17-11-7-6-8-12(11)20-5/h9,11-12H,6-8H2,1-5H3,(H2,16,17,18,19). The van der Waals surface area contributed by atoms with E-state index in [1.165, 1.54) is 19.3 Å². The van der Waals surface area contributed by atoms with Crippen LogP contribution in [0.3, 0.4) is 0 Å². The third-order valence-electron chi connectivity index (χ3n) is 3.99. The largest absolute Gasteiger partial charge is 0.373 e. The fourth-order valence-corrected chi connectivity index (χ4v) is 3.66. The third-order valence-corrected chi connectivity index (χ3v) is 5.16. The van der Waals surface area contributed by atoms with Crippen LogP contribution in [0.25, 0.3) is 0 Å². The lowest BCUT2D eigenvalue weighted by molar-refractivity contribution is 0.741. The molecule has 20 heavy (non-hydrogen) atoms. The molecule has 0 saturated heterocycles. The first-order chi connectivity index (χ1) is 9.56. The Morgan fingerprint density at radius 2 is 1.90 bits per heavy atom. The maximum atomic E-state index is 4.74. The molecule has 112 valence electrons. The van der Waals surface area contributed by atoms with Crippen LogP contribution in [0.1, 0.15) is 50.4 Å². The maximum absolute atomic E-state index is 4.74. The summed E-state index contributed by atoms with van der Waals surface area (Å²) in [6.45, 7) is 6.35. The molecule has 0 amide bonds. The molecule has 0 aromatic carbocycles. The highest BCUT2D eigenvalue weighted by Gasteiger charge is 2.27. The van der Waals surface area contributed by atoms with Gasteiger partial charge >= 0.3 is 0 Å². The lowest BCUT2D eigenvalue weighted by Gasteiger charge is -2.22. The van der Waals surface area contributed by atoms with Crippen LogP contribution in [0.15, 0.2) is 0 Å². The molecule has 4 nitrogen and oxygen atoms in total. The van der Waals surface area contributed by atoms with Gasteiger partial charge in [-0.15, -0.1) is 0 Å². The van der Waals surface area contributed by atoms with Gasteiger partial charge in [-0.2, -0.15) is 11.8 Å². The molecule has 0 radical (unpaired) electrons. The Morgan fingerprint density at radius 1 is 1.20 bits per heavy atom. The van der Waals surface area contributed by atoms with Gasteiger partial charge in [-0.3, -0.25) is 0 Å². The smallest absolute Gasteiger partial charge is 0.135 e. The predicted octanol–water partition coefficient (Wildman–Crippen LogP) is 3.65. The summed E-state index contributed by atoms with van der Waals surface area (Å²) in [6, 6.07) is 0.531. The molecule has 5 heteroatoms. The Hall–Kier alpha value is -0.970. The molecule has 1 aromatic rings. The summed E-state index contributed by atoms with van der Waals surface area (Å²) in [5, 5.41) is 7.55. The van der Waals surface area contributed by atoms with Gasteiger partial charge in [-0.25, -0.2) is 9.97 Å². The minimum absolute atomic E-state index is 0.336. The Kier molecular flexibility index (Phi) is 5.13. The molecule has 2 N–H and O–H groups in total. The molecule has 1 heterocycles. The summed E-state index contributed by atoms with van der Waals surface area (Å²) < 4.78 is 0. The van der Waals surface area contributed by atoms with Gasteiger partial charge < -0.3 is 10.6 Å². The zero-order valence-electron chi connectivity index (χ0n) is 13.2. The molecule has 2 rings (SSSR count). The van der Waals surface area contributed by atoms with E-state index < -0.39 is 0 Å². The van der Waals surface area contributed by atoms with E-state index in [2.05, 4.69) is 42.6 Å². The Morgan fingerprint density at radius 3 is 2.50 bits per heavy atom. The van der Waals surface area contributed by atoms with E-state index in [1.807, 2.05) is 18.8 Å². The van der Waals surface area contributed by atoms with E-state index in [0.717, 1.165) is 23.0 Å². The molecule has 1 aliphatic carbocycles. The molecule has 0 aliphatic heterocycles. The number of nitrogens with one attached hydrogen (secondary N) is 2. The summed E-state index contributed by atoms with van der Waals surface area (Å²) in [4.78, 5) is 9.34. The maximum Gasteiger partial charge on any atom is 0.135 e. The first-order valence-electron chi connectivity index (χ1n) is 7.42. The number of nitrogens with zero attached hydrogens (tertiary/aromatic N) is 2. The molecule has 1 fully saturated rings. The first kappa shape index (κ1) is 15.4. The fraction of sp³-hybridized carbons (Fsp3) is 0.733. The Bertz CT molecular complexity index is 461. The predicted molar refractivity (Wildman–Crippen MR) is 89.0 cm³/mol. The molecule has 2 unspecified atom stereocenters. The van der Waals surface area contributed by atoms with Crippen LogP contribution < -0.4 is 10.6 Å². The van der Waals surface area contributed by atoms with Crippen molar-refractivity contribution in [2.75, 3.05) is 23.9 Å². The lowest BCUT2D eigenvalue weighted by atomic mass is 10.2. The van der Waals surface area contributed by atoms with Crippen molar-refractivity contribution < 1.29 is 0 Å². The minimum Gasteiger partial charge on any atom is -0.373 e. The quantitative estimate of drug-likeness (QED) is 0.868. The average molecular weight is 294 g/mol. The van der Waals surface area contributed by atoms with Gasteiger partial charge in [0.1, 0.15) is 17.5 Å². The van der Waals surface area contributed by atoms with Crippen LogP contribution in [0.5, 0.6) is 0 Å². The highest BCUT2D eigenvalue weighted by molar-refractivity contribution is 7.99. The van der Waals surface area contributed by atoms with Gasteiger partial charge in [0.2, 0.25) is 0 Å². The molecule has 1 saturated carbocycles. The first-order valence-corrected chi connectivity index (χ1v) is 8.71. The second-order valence-corrected chi connectivity index (χ2v) is 6.84. The van der Waals surface area contributed by atoms with Crippen LogP contribution in [-0.4, -0.2) is 34.6 Å². The molecular formula is C15H26N4S. The van der Waals surface area contributed by atoms with Gasteiger partial charge in [0, 0.05) is 29.8 Å². The van der Waals surface area contributed by atoms with E-state index in [9.17, 15) is 0 Å². The number of anilines is 2. The second-order valence-electron chi connectivity index (χ2n) is 5.76. The van der Waals surface area contributed by atoms with Gasteiger partial charge in [-0.1, -0.05) is 20.3 Å². The zero-order valence-corrected chi connectivity index (χ0v) is 14.0. The Labute approximate surface area is 126 Å². The van der Waals surface area contributed by atoms with Crippen molar-refractivity contribution in [3.63, 3.8) is 0 Å². The third kappa shape index (κ3) is 3.19. The molecule has 0 bridgehead atoms. The van der Waals surface area contributed by atoms with E-state index in [-0.39, 0.29) is 0 Å². The molecule has 0 spiro atoms. The monoisotopic (exact) mass is 294 g/mol. The normalized spacial score (nSPS) is 22.3. The highest BCUT2D eigenvalue weighted by Crippen LogP contribution is 2.32. The van der Waals surface area contributed by atoms with Crippen LogP contribution in [0, 0.1) is 6.92 Å². The van der Waals surface area contributed by atoms with E-state index >= 15 is 0 Å². The van der Waals surface area contributed by atoms with Gasteiger partial charge in [0.25, 0.3) is 0 Å². The summed E-state index contributed by atoms with van der Waals surface area (Å²) in [5.41, 5.74) is 1.11. The number of aromatic nitrogens is 2. The lowest BCUT2D eigenvalue weighted by Crippen LogP contribution is -2.27. The van der Waals surface area contributed by atoms with Crippen LogP contribution in [0.2, 0.25) is 0 Å². The zero-order chi connectivity index (χ0) is 14.7. The van der Waals surface area contributed by atoms with Crippen LogP contribution in [0.4, 0.5) is 11.6 Å². The second kappa shape index (κ2) is 6.66. The number of hydrogen-bond acceptors (Lipinski definition) is 5. The highest BCUT2D eigenvalue weighted by atomic mass is 32.2. The Balaban J connectivity index is 2.28. The van der Waals surface area contributed by atoms with Crippen molar-refractivity contribution in [1.82, 2.24) is 9.97 Å². The van der Waals surface area contributed by atoms with Gasteiger partial charge in [-0.05, 0) is 26.0 Å². The number of hydrogen-bond donors (Lipinski definition) is 2. The summed E-state index contributed by atoms with van der Waals surface area (Å²) >= 11 is 1.96. The number of rotatable bonds is 5. The molecule has 1 aliphatic rings. The van der Waals surface area contributed by atoms with E-state index in [1.54, 1.807) is 0 Å². The van der Waals surface area contributed by atoms with Gasteiger partial charge in [0.05, 0.1) is 0 Å². The molecule has 1 aromatic heterocycles. The van der Waals surface area contributed by atoms with Crippen molar-refractivity contribution in [3.8, 4) is 0 Å². The topological polar surface area (TPSA) is 49.8 Å². The van der Waals surface area contributed by atoms with E-state index in [0.29, 0.717) is 17.2 Å². The average Bonchev–Trinajstić information content (AvgIpc) is 2.88. The van der Waals surface area contributed by atoms with Gasteiger partial charge in [0.15, 0.2) is 0 Å². The van der Waals surface area contributed by atoms with Crippen molar-refractivity contribution in [2.24, 2.45) is 0 Å². The van der Waals surface area contributed by atoms with Crippen LogP contribution >= 0.6 is 11.8 Å². The van der Waals surface area contributed by atoms with Crippen molar-refractivity contribution in [3.05, 3.63) is 11.4 Å². The van der Waals surface area contributed by atoms with E-state index in [4.69, 9.17) is 4.98 Å². The minimum atomic E-state index is 0.336. The van der Waals surface area contributed by atoms with Crippen molar-refractivity contribution in [1.29, 1.82) is 0 Å².